The van der Waals surface area contributed by atoms with Gasteiger partial charge in [-0.15, -0.1) is 11.3 Å². The van der Waals surface area contributed by atoms with Gasteiger partial charge in [0.05, 0.1) is 32.5 Å². The lowest BCUT2D eigenvalue weighted by Gasteiger charge is -2.29. The van der Waals surface area contributed by atoms with Gasteiger partial charge in [-0.05, 0) is 58.7 Å². The van der Waals surface area contributed by atoms with E-state index in [9.17, 15) is 29.7 Å². The van der Waals surface area contributed by atoms with Crippen LogP contribution >= 0.6 is 34.5 Å². The van der Waals surface area contributed by atoms with E-state index in [0.29, 0.717) is 16.0 Å². The third-order valence-electron chi connectivity index (χ3n) is 6.59. The van der Waals surface area contributed by atoms with Gasteiger partial charge in [-0.1, -0.05) is 62.2 Å². The maximum atomic E-state index is 13.4. The molecule has 38 heavy (non-hydrogen) atoms. The van der Waals surface area contributed by atoms with E-state index in [0.717, 1.165) is 0 Å². The molecule has 4 N–H and O–H groups in total. The Morgan fingerprint density at radius 1 is 1.05 bits per heavy atom. The number of rotatable bonds is 11. The first-order valence-corrected chi connectivity index (χ1v) is 13.5. The number of thiophene rings is 1. The third kappa shape index (κ3) is 6.94. The fourth-order valence-corrected chi connectivity index (χ4v) is 5.55. The fourth-order valence-electron chi connectivity index (χ4n) is 4.24. The zero-order valence-electron chi connectivity index (χ0n) is 21.1. The van der Waals surface area contributed by atoms with E-state index in [-0.39, 0.29) is 34.3 Å². The molecule has 0 spiro atoms. The fraction of sp³-hybridized carbons (Fsp3) is 0.321. The molecular formula is C28H29Cl2NO6S. The number of phenols is 1. The van der Waals surface area contributed by atoms with Crippen molar-refractivity contribution in [3.63, 3.8) is 0 Å². The van der Waals surface area contributed by atoms with Crippen LogP contribution in [-0.2, 0) is 10.2 Å². The smallest absolute Gasteiger partial charge is 0.309 e. The van der Waals surface area contributed by atoms with Crippen LogP contribution < -0.4 is 5.32 Å². The molecule has 0 aliphatic rings. The molecule has 10 heteroatoms. The van der Waals surface area contributed by atoms with Crippen molar-refractivity contribution in [3.05, 3.63) is 85.5 Å². The standard InChI is InChI=1S/C28H29Cl2NO6S/c1-15(19(27(36)37)14-31-26(35)23-8-5-9-38-23)25(34)24-20(29)11-17(12-21(24)30)28(2,3)13-22(33)16-6-4-7-18(32)10-16/h4-12,15,19,22,32-33H,13-14H2,1-3H3,(H,31,35)(H,36,37)/t15-,19+,22?/m0/s1. The molecule has 0 aliphatic heterocycles. The van der Waals surface area contributed by atoms with Crippen LogP contribution in [0.15, 0.2) is 53.9 Å². The summed E-state index contributed by atoms with van der Waals surface area (Å²) in [6.45, 7) is 5.00. The van der Waals surface area contributed by atoms with Crippen molar-refractivity contribution in [1.29, 1.82) is 0 Å². The summed E-state index contributed by atoms with van der Waals surface area (Å²) < 4.78 is 0. The number of phenolic OH excluding ortho intramolecular Hbond substituents is 1. The van der Waals surface area contributed by atoms with Crippen molar-refractivity contribution in [2.45, 2.75) is 38.7 Å². The maximum Gasteiger partial charge on any atom is 0.309 e. The molecule has 0 saturated carbocycles. The van der Waals surface area contributed by atoms with E-state index < -0.39 is 41.0 Å². The van der Waals surface area contributed by atoms with Crippen molar-refractivity contribution in [2.75, 3.05) is 6.54 Å². The van der Waals surface area contributed by atoms with E-state index >= 15 is 0 Å². The second-order valence-corrected chi connectivity index (χ2v) is 11.6. The molecule has 1 unspecified atom stereocenters. The summed E-state index contributed by atoms with van der Waals surface area (Å²) in [5.74, 6) is -4.38. The molecular weight excluding hydrogens is 549 g/mol. The van der Waals surface area contributed by atoms with Crippen LogP contribution in [0.2, 0.25) is 10.0 Å². The van der Waals surface area contributed by atoms with Gasteiger partial charge in [-0.2, -0.15) is 0 Å². The zero-order valence-corrected chi connectivity index (χ0v) is 23.4. The molecule has 0 saturated heterocycles. The van der Waals surface area contributed by atoms with Gasteiger partial charge in [-0.25, -0.2) is 0 Å². The first kappa shape index (κ1) is 29.6. The van der Waals surface area contributed by atoms with Crippen LogP contribution in [0.1, 0.15) is 64.5 Å². The molecule has 202 valence electrons. The Morgan fingerprint density at radius 3 is 2.26 bits per heavy atom. The van der Waals surface area contributed by atoms with Gasteiger partial charge in [0.25, 0.3) is 5.91 Å². The Kier molecular flexibility index (Phi) is 9.59. The monoisotopic (exact) mass is 577 g/mol. The average molecular weight is 579 g/mol. The average Bonchev–Trinajstić information content (AvgIpc) is 3.38. The summed E-state index contributed by atoms with van der Waals surface area (Å²) in [5, 5.41) is 34.7. The Morgan fingerprint density at radius 2 is 1.71 bits per heavy atom. The number of carbonyl (C=O) groups is 3. The lowest BCUT2D eigenvalue weighted by atomic mass is 9.77. The number of aliphatic hydroxyl groups excluding tert-OH is 1. The van der Waals surface area contributed by atoms with Gasteiger partial charge in [-0.3, -0.25) is 14.4 Å². The van der Waals surface area contributed by atoms with Crippen molar-refractivity contribution in [1.82, 2.24) is 5.32 Å². The number of halogens is 2. The summed E-state index contributed by atoms with van der Waals surface area (Å²) in [7, 11) is 0. The quantitative estimate of drug-likeness (QED) is 0.204. The highest BCUT2D eigenvalue weighted by Crippen LogP contribution is 2.39. The molecule has 7 nitrogen and oxygen atoms in total. The molecule has 1 amide bonds. The van der Waals surface area contributed by atoms with E-state index in [4.69, 9.17) is 23.2 Å². The molecule has 3 rings (SSSR count). The summed E-state index contributed by atoms with van der Waals surface area (Å²) >= 11 is 14.3. The second kappa shape index (κ2) is 12.3. The topological polar surface area (TPSA) is 124 Å². The predicted molar refractivity (Wildman–Crippen MR) is 148 cm³/mol. The highest BCUT2D eigenvalue weighted by molar-refractivity contribution is 7.12. The molecule has 1 heterocycles. The predicted octanol–water partition coefficient (Wildman–Crippen LogP) is 6.11. The highest BCUT2D eigenvalue weighted by Gasteiger charge is 2.34. The minimum Gasteiger partial charge on any atom is -0.508 e. The normalized spacial score (nSPS) is 13.9. The first-order chi connectivity index (χ1) is 17.8. The molecule has 0 bridgehead atoms. The number of aliphatic hydroxyl groups is 1. The third-order valence-corrected chi connectivity index (χ3v) is 8.06. The molecule has 0 aliphatic carbocycles. The number of carbonyl (C=O) groups excluding carboxylic acids is 2. The number of ketones is 1. The Labute approximate surface area is 235 Å². The first-order valence-electron chi connectivity index (χ1n) is 11.9. The molecule has 1 aromatic heterocycles. The van der Waals surface area contributed by atoms with Crippen molar-refractivity contribution in [3.8, 4) is 5.75 Å². The molecule has 2 aromatic carbocycles. The number of hydrogen-bond donors (Lipinski definition) is 4. The van der Waals surface area contributed by atoms with Gasteiger partial charge in [0.2, 0.25) is 0 Å². The summed E-state index contributed by atoms with van der Waals surface area (Å²) in [5.41, 5.74) is 0.613. The maximum absolute atomic E-state index is 13.4. The van der Waals surface area contributed by atoms with Gasteiger partial charge >= 0.3 is 5.97 Å². The Hall–Kier alpha value is -2.91. The van der Waals surface area contributed by atoms with Crippen LogP contribution in [0.4, 0.5) is 0 Å². The van der Waals surface area contributed by atoms with E-state index in [1.54, 1.807) is 41.8 Å². The zero-order chi connectivity index (χ0) is 28.2. The van der Waals surface area contributed by atoms with Crippen LogP contribution in [-0.4, -0.2) is 39.5 Å². The van der Waals surface area contributed by atoms with E-state index in [1.807, 2.05) is 13.8 Å². The van der Waals surface area contributed by atoms with Crippen molar-refractivity contribution >= 4 is 52.2 Å². The van der Waals surface area contributed by atoms with Crippen LogP contribution in [0.5, 0.6) is 5.75 Å². The number of aliphatic carboxylic acids is 1. The minimum absolute atomic E-state index is 0.00440. The number of hydrogen-bond acceptors (Lipinski definition) is 6. The van der Waals surface area contributed by atoms with Crippen LogP contribution in [0.25, 0.3) is 0 Å². The van der Waals surface area contributed by atoms with Crippen molar-refractivity contribution in [2.24, 2.45) is 11.8 Å². The SMILES string of the molecule is C[C@H](C(=O)c1c(Cl)cc(C(C)(C)CC(O)c2cccc(O)c2)cc1Cl)[C@@H](CNC(=O)c1cccs1)C(=O)O. The number of benzene rings is 2. The van der Waals surface area contributed by atoms with Crippen LogP contribution in [0, 0.1) is 11.8 Å². The summed E-state index contributed by atoms with van der Waals surface area (Å²) in [4.78, 5) is 38.0. The largest absolute Gasteiger partial charge is 0.508 e. The Bertz CT molecular complexity index is 1300. The molecule has 3 atom stereocenters. The number of carboxylic acids is 1. The summed E-state index contributed by atoms with van der Waals surface area (Å²) in [6.07, 6.45) is -0.602. The Balaban J connectivity index is 1.79. The minimum atomic E-state index is -1.23. The number of Topliss-reactive ketones (excluding diaryl/α,β-unsaturated/α-hetero) is 1. The van der Waals surface area contributed by atoms with Gasteiger partial charge in [0.15, 0.2) is 5.78 Å². The molecule has 3 aromatic rings. The number of nitrogens with one attached hydrogen (secondary N) is 1. The highest BCUT2D eigenvalue weighted by atomic mass is 35.5. The second-order valence-electron chi connectivity index (χ2n) is 9.80. The number of carboxylic acid groups (broad SMARTS) is 1. The lowest BCUT2D eigenvalue weighted by molar-refractivity contribution is -0.142. The van der Waals surface area contributed by atoms with Crippen molar-refractivity contribution < 1.29 is 29.7 Å². The molecule has 0 radical (unpaired) electrons. The lowest BCUT2D eigenvalue weighted by Crippen LogP contribution is -2.38. The van der Waals surface area contributed by atoms with Crippen LogP contribution in [0.3, 0.4) is 0 Å². The molecule has 0 fully saturated rings. The van der Waals surface area contributed by atoms with E-state index in [1.165, 1.54) is 30.4 Å². The van der Waals surface area contributed by atoms with Gasteiger partial charge < -0.3 is 20.6 Å². The van der Waals surface area contributed by atoms with Gasteiger partial charge in [0.1, 0.15) is 5.75 Å². The number of aromatic hydroxyl groups is 1. The summed E-state index contributed by atoms with van der Waals surface area (Å²) in [6, 6.07) is 12.9. The van der Waals surface area contributed by atoms with E-state index in [2.05, 4.69) is 5.32 Å². The number of amides is 1. The van der Waals surface area contributed by atoms with Gasteiger partial charge in [0, 0.05) is 12.5 Å².